The third-order valence-electron chi connectivity index (χ3n) is 8.69. The van der Waals surface area contributed by atoms with Gasteiger partial charge in [-0.05, 0) is 72.4 Å². The molecule has 0 saturated heterocycles. The zero-order chi connectivity index (χ0) is 31.0. The number of pyridine rings is 3. The minimum atomic E-state index is -3.43. The Labute approximate surface area is 260 Å². The highest BCUT2D eigenvalue weighted by atomic mass is 32.2. The summed E-state index contributed by atoms with van der Waals surface area (Å²) in [6.07, 6.45) is 17.4. The largest absolute Gasteiger partial charge is 0.353 e. The average molecular weight is 624 g/mol. The lowest BCUT2D eigenvalue weighted by Crippen LogP contribution is -2.21. The fourth-order valence-electron chi connectivity index (χ4n) is 6.41. The number of sulfonamides is 1. The van der Waals surface area contributed by atoms with Gasteiger partial charge in [0.25, 0.3) is 0 Å². The van der Waals surface area contributed by atoms with Gasteiger partial charge in [0.05, 0.1) is 23.3 Å². The first-order chi connectivity index (χ1) is 21.8. The molecule has 0 bridgehead atoms. The van der Waals surface area contributed by atoms with Gasteiger partial charge in [-0.2, -0.15) is 5.10 Å². The van der Waals surface area contributed by atoms with Gasteiger partial charge in [0.15, 0.2) is 5.65 Å². The Bertz CT molecular complexity index is 2120. The van der Waals surface area contributed by atoms with Crippen LogP contribution in [0.15, 0.2) is 67.3 Å². The monoisotopic (exact) mass is 623 g/mol. The molecule has 1 saturated carbocycles. The van der Waals surface area contributed by atoms with E-state index in [2.05, 4.69) is 47.0 Å². The maximum atomic E-state index is 14.6. The van der Waals surface area contributed by atoms with Crippen LogP contribution in [-0.4, -0.2) is 44.8 Å². The van der Waals surface area contributed by atoms with Gasteiger partial charge in [0, 0.05) is 64.3 Å². The second-order valence-corrected chi connectivity index (χ2v) is 13.9. The Morgan fingerprint density at radius 3 is 2.58 bits per heavy atom. The number of nitrogens with one attached hydrogen (secondary N) is 3. The molecule has 1 aromatic carbocycles. The Hall–Kier alpha value is -4.48. The molecule has 1 aliphatic rings. The lowest BCUT2D eigenvalue weighted by atomic mass is 9.85. The number of aryl methyl sites for hydroxylation is 1. The van der Waals surface area contributed by atoms with E-state index in [0.29, 0.717) is 22.5 Å². The minimum absolute atomic E-state index is 0.0215. The van der Waals surface area contributed by atoms with Crippen LogP contribution in [0.4, 0.5) is 4.39 Å². The maximum absolute atomic E-state index is 14.6. The molecular weight excluding hydrogens is 589 g/mol. The number of hydrogen-bond acceptors (Lipinski definition) is 6. The molecule has 0 aliphatic heterocycles. The van der Waals surface area contributed by atoms with Crippen molar-refractivity contribution in [2.24, 2.45) is 5.92 Å². The van der Waals surface area contributed by atoms with Gasteiger partial charge in [-0.1, -0.05) is 32.1 Å². The van der Waals surface area contributed by atoms with Gasteiger partial charge < -0.3 is 4.98 Å². The topological polar surface area (TPSA) is 129 Å². The molecule has 5 aromatic heterocycles. The third-order valence-corrected chi connectivity index (χ3v) is 9.36. The van der Waals surface area contributed by atoms with E-state index < -0.39 is 15.8 Å². The summed E-state index contributed by atoms with van der Waals surface area (Å²) in [5.41, 5.74) is 7.83. The van der Waals surface area contributed by atoms with Gasteiger partial charge in [-0.15, -0.1) is 0 Å². The normalized spacial score (nSPS) is 14.4. The molecule has 0 atom stereocenters. The van der Waals surface area contributed by atoms with Crippen LogP contribution in [0.2, 0.25) is 0 Å². The molecule has 45 heavy (non-hydrogen) atoms. The zero-order valence-corrected chi connectivity index (χ0v) is 25.8. The van der Waals surface area contributed by atoms with Gasteiger partial charge >= 0.3 is 0 Å². The number of fused-ring (bicyclic) bond motifs is 2. The highest BCUT2D eigenvalue weighted by Crippen LogP contribution is 2.35. The minimum Gasteiger partial charge on any atom is -0.353 e. The molecule has 7 rings (SSSR count). The van der Waals surface area contributed by atoms with Crippen LogP contribution >= 0.6 is 0 Å². The predicted octanol–water partition coefficient (Wildman–Crippen LogP) is 6.93. The summed E-state index contributed by atoms with van der Waals surface area (Å²) >= 11 is 0. The number of benzene rings is 1. The van der Waals surface area contributed by atoms with Crippen LogP contribution in [0.1, 0.15) is 49.7 Å². The number of aromatic nitrogens is 6. The second-order valence-electron chi connectivity index (χ2n) is 12.1. The van der Waals surface area contributed by atoms with Crippen LogP contribution < -0.4 is 4.72 Å². The van der Waals surface area contributed by atoms with E-state index in [1.165, 1.54) is 56.2 Å². The summed E-state index contributed by atoms with van der Waals surface area (Å²) in [7, 11) is -3.43. The van der Waals surface area contributed by atoms with Crippen molar-refractivity contribution in [2.45, 2.75) is 51.5 Å². The average Bonchev–Trinajstić information content (AvgIpc) is 3.67. The first-order valence-electron chi connectivity index (χ1n) is 15.3. The van der Waals surface area contributed by atoms with Crippen molar-refractivity contribution < 1.29 is 12.8 Å². The number of rotatable bonds is 9. The first kappa shape index (κ1) is 29.2. The molecule has 11 heteroatoms. The lowest BCUT2D eigenvalue weighted by molar-refractivity contribution is 0.339. The summed E-state index contributed by atoms with van der Waals surface area (Å²) in [5, 5.41) is 9.25. The van der Waals surface area contributed by atoms with Crippen molar-refractivity contribution >= 4 is 32.0 Å². The second kappa shape index (κ2) is 12.1. The van der Waals surface area contributed by atoms with Crippen molar-refractivity contribution in [1.29, 1.82) is 0 Å². The van der Waals surface area contributed by atoms with Crippen LogP contribution in [0, 0.1) is 11.7 Å². The maximum Gasteiger partial charge on any atom is 0.209 e. The molecule has 6 aromatic rings. The van der Waals surface area contributed by atoms with Crippen molar-refractivity contribution in [3.8, 4) is 33.8 Å². The fraction of sp³-hybridized carbons (Fsp3) is 0.294. The quantitative estimate of drug-likeness (QED) is 0.160. The van der Waals surface area contributed by atoms with Crippen LogP contribution in [0.3, 0.4) is 0 Å². The van der Waals surface area contributed by atoms with E-state index in [0.717, 1.165) is 57.4 Å². The molecule has 0 radical (unpaired) electrons. The van der Waals surface area contributed by atoms with Gasteiger partial charge in [0.1, 0.15) is 5.82 Å². The van der Waals surface area contributed by atoms with E-state index >= 15 is 0 Å². The summed E-state index contributed by atoms with van der Waals surface area (Å²) in [6.45, 7) is -0.0215. The number of H-pyrrole nitrogens is 2. The van der Waals surface area contributed by atoms with E-state index in [1.807, 2.05) is 30.7 Å². The van der Waals surface area contributed by atoms with E-state index in [9.17, 15) is 12.8 Å². The Kier molecular flexibility index (Phi) is 7.88. The van der Waals surface area contributed by atoms with Crippen LogP contribution in [0.25, 0.3) is 55.7 Å². The molecule has 5 heterocycles. The summed E-state index contributed by atoms with van der Waals surface area (Å²) in [4.78, 5) is 17.2. The van der Waals surface area contributed by atoms with E-state index in [-0.39, 0.29) is 6.54 Å². The van der Waals surface area contributed by atoms with Gasteiger partial charge in [-0.3, -0.25) is 15.1 Å². The van der Waals surface area contributed by atoms with Crippen molar-refractivity contribution in [3.05, 3.63) is 84.2 Å². The predicted molar refractivity (Wildman–Crippen MR) is 174 cm³/mol. The van der Waals surface area contributed by atoms with Gasteiger partial charge in [-0.25, -0.2) is 22.5 Å². The molecule has 230 valence electrons. The van der Waals surface area contributed by atoms with Gasteiger partial charge in [0.2, 0.25) is 10.0 Å². The number of nitrogens with zero attached hydrogens (tertiary/aromatic N) is 4. The summed E-state index contributed by atoms with van der Waals surface area (Å²) < 4.78 is 40.2. The smallest absolute Gasteiger partial charge is 0.209 e. The molecule has 3 N–H and O–H groups in total. The Balaban J connectivity index is 1.20. The summed E-state index contributed by atoms with van der Waals surface area (Å²) in [6, 6.07) is 12.6. The first-order valence-corrected chi connectivity index (χ1v) is 17.2. The number of halogens is 1. The standard InChI is InChI=1S/C34H34FN7O2S/c1-45(43,44)39-18-23-12-24(14-27(35)13-23)32-28-16-31(40-30(28)9-10-37-32)33-29-15-26(20-38-34(29)42-41-33)25-11-22(17-36-19-25)8-7-21-5-3-2-4-6-21/h9-17,19-21,39-40H,2-8,18H2,1H3,(H,38,41,42). The Morgan fingerprint density at radius 2 is 1.73 bits per heavy atom. The zero-order valence-electron chi connectivity index (χ0n) is 25.0. The van der Waals surface area contributed by atoms with Crippen molar-refractivity contribution in [3.63, 3.8) is 0 Å². The van der Waals surface area contributed by atoms with Crippen LogP contribution in [0.5, 0.6) is 0 Å². The van der Waals surface area contributed by atoms with Crippen molar-refractivity contribution in [1.82, 2.24) is 34.9 Å². The molecule has 0 spiro atoms. The highest BCUT2D eigenvalue weighted by Gasteiger charge is 2.17. The number of aromatic amines is 2. The summed E-state index contributed by atoms with van der Waals surface area (Å²) in [5.74, 6) is 0.346. The molecule has 0 unspecified atom stereocenters. The van der Waals surface area contributed by atoms with E-state index in [1.54, 1.807) is 12.3 Å². The molecule has 0 amide bonds. The molecular formula is C34H34FN7O2S. The van der Waals surface area contributed by atoms with E-state index in [4.69, 9.17) is 0 Å². The highest BCUT2D eigenvalue weighted by molar-refractivity contribution is 7.88. The fourth-order valence-corrected chi connectivity index (χ4v) is 6.84. The molecule has 1 aliphatic carbocycles. The molecule has 9 nitrogen and oxygen atoms in total. The third kappa shape index (κ3) is 6.50. The van der Waals surface area contributed by atoms with Crippen LogP contribution in [-0.2, 0) is 23.0 Å². The number of hydrogen-bond donors (Lipinski definition) is 3. The molecule has 1 fully saturated rings. The van der Waals surface area contributed by atoms with Crippen molar-refractivity contribution in [2.75, 3.05) is 6.26 Å². The Morgan fingerprint density at radius 1 is 0.911 bits per heavy atom. The lowest BCUT2D eigenvalue weighted by Gasteiger charge is -2.21. The SMILES string of the molecule is CS(=O)(=O)NCc1cc(F)cc(-c2nccc3[nH]c(-c4[nH]nc5ncc(-c6cncc(CCC7CCCCC7)c6)cc45)cc23)c1.